The first-order valence-electron chi connectivity index (χ1n) is 10.9. The van der Waals surface area contributed by atoms with Crippen molar-refractivity contribution in [2.75, 3.05) is 38.7 Å². The molecule has 2 heterocycles. The molecule has 1 aromatic heterocycles. The zero-order valence-electron chi connectivity index (χ0n) is 18.9. The summed E-state index contributed by atoms with van der Waals surface area (Å²) in [6.07, 6.45) is 0. The summed E-state index contributed by atoms with van der Waals surface area (Å²) in [7, 11) is 1.62. The molecule has 2 amide bonds. The number of benzene rings is 2. The van der Waals surface area contributed by atoms with Crippen LogP contribution in [-0.2, 0) is 4.74 Å². The van der Waals surface area contributed by atoms with Crippen molar-refractivity contribution in [1.82, 2.24) is 20.0 Å². The lowest BCUT2D eigenvalue weighted by Gasteiger charge is -2.21. The molecule has 2 aromatic carbocycles. The minimum Gasteiger partial charge on any atom is -0.383 e. The van der Waals surface area contributed by atoms with E-state index in [2.05, 4.69) is 36.6 Å². The number of aromatic nitrogens is 2. The average Bonchev–Trinajstić information content (AvgIpc) is 3.33. The minimum atomic E-state index is -0.639. The molecule has 3 aromatic rings. The van der Waals surface area contributed by atoms with E-state index in [-0.39, 0.29) is 12.0 Å². The van der Waals surface area contributed by atoms with Gasteiger partial charge in [-0.15, -0.1) is 0 Å². The third kappa shape index (κ3) is 5.45. The van der Waals surface area contributed by atoms with Gasteiger partial charge in [0.1, 0.15) is 11.6 Å². The van der Waals surface area contributed by atoms with Crippen molar-refractivity contribution in [2.24, 2.45) is 0 Å². The third-order valence-electron chi connectivity index (χ3n) is 5.86. The third-order valence-corrected chi connectivity index (χ3v) is 6.81. The van der Waals surface area contributed by atoms with Gasteiger partial charge in [0.25, 0.3) is 0 Å². The minimum absolute atomic E-state index is 0.281. The van der Waals surface area contributed by atoms with Crippen LogP contribution in [0, 0.1) is 18.6 Å². The summed E-state index contributed by atoms with van der Waals surface area (Å²) in [6.45, 7) is 4.08. The van der Waals surface area contributed by atoms with E-state index >= 15 is 0 Å². The number of methoxy groups -OCH3 is 1. The molecule has 34 heavy (non-hydrogen) atoms. The standard InChI is InChI=1S/C24H26BrF2N5O2/c1-15-22(25)23(32(30-15)19-6-4-3-5-7-19)29-24(33)28-21-14-31(8-9-34-2)13-20(21)16-10-17(26)12-18(27)11-16/h3-7,10-12,20-21H,8-9,13-14H2,1-2H3,(H2,28,29,33). The highest BCUT2D eigenvalue weighted by molar-refractivity contribution is 9.10. The van der Waals surface area contributed by atoms with Gasteiger partial charge in [0.2, 0.25) is 0 Å². The molecular weight excluding hydrogens is 508 g/mol. The molecule has 0 radical (unpaired) electrons. The van der Waals surface area contributed by atoms with Crippen molar-refractivity contribution < 1.29 is 18.3 Å². The summed E-state index contributed by atoms with van der Waals surface area (Å²) in [5, 5.41) is 10.4. The Morgan fingerprint density at radius 2 is 1.88 bits per heavy atom. The quantitative estimate of drug-likeness (QED) is 0.470. The number of urea groups is 1. The normalized spacial score (nSPS) is 18.3. The maximum absolute atomic E-state index is 13.9. The average molecular weight is 534 g/mol. The topological polar surface area (TPSA) is 71.4 Å². The number of hydrogen-bond acceptors (Lipinski definition) is 4. The molecule has 2 unspecified atom stereocenters. The Hall–Kier alpha value is -2.82. The monoisotopic (exact) mass is 533 g/mol. The molecule has 1 aliphatic rings. The van der Waals surface area contributed by atoms with E-state index in [1.165, 1.54) is 12.1 Å². The van der Waals surface area contributed by atoms with Crippen LogP contribution in [0.4, 0.5) is 19.4 Å². The molecule has 0 spiro atoms. The largest absolute Gasteiger partial charge is 0.383 e. The maximum Gasteiger partial charge on any atom is 0.320 e. The lowest BCUT2D eigenvalue weighted by Crippen LogP contribution is -2.42. The molecule has 10 heteroatoms. The molecule has 1 saturated heterocycles. The zero-order chi connectivity index (χ0) is 24.2. The second-order valence-electron chi connectivity index (χ2n) is 8.26. The number of rotatable bonds is 7. The Bertz CT molecular complexity index is 1140. The van der Waals surface area contributed by atoms with Gasteiger partial charge in [-0.1, -0.05) is 18.2 Å². The van der Waals surface area contributed by atoms with E-state index < -0.39 is 17.7 Å². The lowest BCUT2D eigenvalue weighted by atomic mass is 9.94. The number of carbonyl (C=O) groups is 1. The Morgan fingerprint density at radius 1 is 1.18 bits per heavy atom. The first-order chi connectivity index (χ1) is 16.4. The number of nitrogens with zero attached hydrogens (tertiary/aromatic N) is 3. The molecule has 4 rings (SSSR count). The lowest BCUT2D eigenvalue weighted by molar-refractivity contribution is 0.159. The first kappa shape index (κ1) is 24.3. The second-order valence-corrected chi connectivity index (χ2v) is 9.05. The molecule has 2 N–H and O–H groups in total. The molecule has 1 fully saturated rings. The second kappa shape index (κ2) is 10.6. The van der Waals surface area contributed by atoms with Crippen molar-refractivity contribution in [1.29, 1.82) is 0 Å². The molecule has 0 aliphatic carbocycles. The van der Waals surface area contributed by atoms with Gasteiger partial charge in [0.05, 0.1) is 28.5 Å². The van der Waals surface area contributed by atoms with Gasteiger partial charge in [-0.3, -0.25) is 10.2 Å². The van der Waals surface area contributed by atoms with Gasteiger partial charge in [-0.2, -0.15) is 5.10 Å². The fourth-order valence-corrected chi connectivity index (χ4v) is 4.59. The fraction of sp³-hybridized carbons (Fsp3) is 0.333. The van der Waals surface area contributed by atoms with Crippen molar-refractivity contribution in [3.63, 3.8) is 0 Å². The number of likely N-dealkylation sites (tertiary alicyclic amines) is 1. The van der Waals surface area contributed by atoms with Gasteiger partial charge in [0.15, 0.2) is 5.82 Å². The van der Waals surface area contributed by atoms with Crippen molar-refractivity contribution in [3.8, 4) is 5.69 Å². The summed E-state index contributed by atoms with van der Waals surface area (Å²) in [6, 6.07) is 12.2. The highest BCUT2D eigenvalue weighted by atomic mass is 79.9. The number of ether oxygens (including phenoxy) is 1. The van der Waals surface area contributed by atoms with E-state index in [0.717, 1.165) is 17.4 Å². The van der Waals surface area contributed by atoms with Crippen LogP contribution in [0.1, 0.15) is 17.2 Å². The molecule has 180 valence electrons. The number of halogens is 3. The zero-order valence-corrected chi connectivity index (χ0v) is 20.5. The van der Waals surface area contributed by atoms with Crippen molar-refractivity contribution >= 4 is 27.8 Å². The van der Waals surface area contributed by atoms with Gasteiger partial charge < -0.3 is 10.1 Å². The molecular formula is C24H26BrF2N5O2. The molecule has 2 atom stereocenters. The molecule has 7 nitrogen and oxygen atoms in total. The summed E-state index contributed by atoms with van der Waals surface area (Å²) >= 11 is 3.51. The number of carbonyl (C=O) groups excluding carboxylic acids is 1. The molecule has 0 bridgehead atoms. The van der Waals surface area contributed by atoms with Crippen LogP contribution in [0.5, 0.6) is 0 Å². The van der Waals surface area contributed by atoms with Crippen molar-refractivity contribution in [3.05, 3.63) is 75.9 Å². The summed E-state index contributed by atoms with van der Waals surface area (Å²) in [5.74, 6) is -1.07. The predicted molar refractivity (Wildman–Crippen MR) is 129 cm³/mol. The molecule has 0 saturated carbocycles. The summed E-state index contributed by atoms with van der Waals surface area (Å²) in [5.41, 5.74) is 2.03. The number of nitrogens with one attached hydrogen (secondary N) is 2. The number of hydrogen-bond donors (Lipinski definition) is 2. The number of anilines is 1. The SMILES string of the molecule is COCCN1CC(NC(=O)Nc2c(Br)c(C)nn2-c2ccccc2)C(c2cc(F)cc(F)c2)C1. The van der Waals surface area contributed by atoms with E-state index in [9.17, 15) is 13.6 Å². The van der Waals surface area contributed by atoms with Crippen LogP contribution in [0.15, 0.2) is 53.0 Å². The Kier molecular flexibility index (Phi) is 7.60. The van der Waals surface area contributed by atoms with E-state index in [1.54, 1.807) is 11.8 Å². The predicted octanol–water partition coefficient (Wildman–Crippen LogP) is 4.46. The van der Waals surface area contributed by atoms with Crippen LogP contribution in [0.25, 0.3) is 5.69 Å². The number of amides is 2. The van der Waals surface area contributed by atoms with Gasteiger partial charge in [-0.05, 0) is 52.7 Å². The smallest absolute Gasteiger partial charge is 0.320 e. The van der Waals surface area contributed by atoms with Gasteiger partial charge in [-0.25, -0.2) is 18.3 Å². The van der Waals surface area contributed by atoms with Crippen molar-refractivity contribution in [2.45, 2.75) is 18.9 Å². The fourth-order valence-electron chi connectivity index (χ4n) is 4.25. The van der Waals surface area contributed by atoms with E-state index in [1.807, 2.05) is 37.3 Å². The van der Waals surface area contributed by atoms with Crippen LogP contribution in [0.2, 0.25) is 0 Å². The first-order valence-corrected chi connectivity index (χ1v) is 11.7. The van der Waals surface area contributed by atoms with E-state index in [0.29, 0.717) is 42.1 Å². The summed E-state index contributed by atoms with van der Waals surface area (Å²) < 4.78 is 35.3. The van der Waals surface area contributed by atoms with Crippen LogP contribution >= 0.6 is 15.9 Å². The highest BCUT2D eigenvalue weighted by Gasteiger charge is 2.35. The van der Waals surface area contributed by atoms with Crippen LogP contribution < -0.4 is 10.6 Å². The molecule has 1 aliphatic heterocycles. The Balaban J connectivity index is 1.55. The van der Waals surface area contributed by atoms with E-state index in [4.69, 9.17) is 4.74 Å². The van der Waals surface area contributed by atoms with Gasteiger partial charge in [0, 0.05) is 38.7 Å². The number of aryl methyl sites for hydroxylation is 1. The van der Waals surface area contributed by atoms with Crippen LogP contribution in [-0.4, -0.2) is 60.1 Å². The van der Waals surface area contributed by atoms with Crippen LogP contribution in [0.3, 0.4) is 0 Å². The number of para-hydroxylation sites is 1. The highest BCUT2D eigenvalue weighted by Crippen LogP contribution is 2.31. The van der Waals surface area contributed by atoms with Gasteiger partial charge >= 0.3 is 6.03 Å². The Labute approximate surface area is 205 Å². The Morgan fingerprint density at radius 3 is 2.56 bits per heavy atom. The maximum atomic E-state index is 13.9. The summed E-state index contributed by atoms with van der Waals surface area (Å²) in [4.78, 5) is 15.2.